The summed E-state index contributed by atoms with van der Waals surface area (Å²) in [5.41, 5.74) is 0.0140. The van der Waals surface area contributed by atoms with Crippen LogP contribution in [0, 0.1) is 17.0 Å². The number of benzene rings is 1. The summed E-state index contributed by atoms with van der Waals surface area (Å²) >= 11 is 4.39. The quantitative estimate of drug-likeness (QED) is 0.807. The maximum absolute atomic E-state index is 13.4. The van der Waals surface area contributed by atoms with Gasteiger partial charge in [-0.05, 0) is 30.7 Å². The van der Waals surface area contributed by atoms with E-state index in [4.69, 9.17) is 4.74 Å². The van der Waals surface area contributed by atoms with Gasteiger partial charge in [0.15, 0.2) is 11.6 Å². The molecule has 0 N–H and O–H groups in total. The summed E-state index contributed by atoms with van der Waals surface area (Å²) in [5, 5.41) is 0. The van der Waals surface area contributed by atoms with Crippen molar-refractivity contribution in [3.05, 3.63) is 29.8 Å². The minimum atomic E-state index is -0.512. The molecule has 1 aliphatic rings. The normalized spacial score (nSPS) is 18.6. The molecule has 0 aromatic heterocycles. The molecule has 1 nitrogen and oxygen atoms in total. The van der Waals surface area contributed by atoms with Crippen molar-refractivity contribution in [1.29, 1.82) is 0 Å². The molecule has 0 aliphatic heterocycles. The molecule has 0 spiro atoms. The molecule has 1 aliphatic carbocycles. The molecule has 1 aromatic carbocycles. The molecule has 1 aromatic rings. The second-order valence-corrected chi connectivity index (χ2v) is 5.40. The van der Waals surface area contributed by atoms with E-state index in [1.54, 1.807) is 0 Å². The summed E-state index contributed by atoms with van der Waals surface area (Å²) in [4.78, 5) is 0. The minimum Gasteiger partial charge on any atom is -0.490 e. The molecule has 1 fully saturated rings. The fourth-order valence-electron chi connectivity index (χ4n) is 2.47. The third kappa shape index (κ3) is 3.16. The Hall–Kier alpha value is -0.770. The molecule has 0 heterocycles. The highest BCUT2D eigenvalue weighted by Gasteiger charge is 2.31. The van der Waals surface area contributed by atoms with E-state index in [1.807, 2.05) is 0 Å². The SMILES string of the molecule is Fc1ccc(F)c(OCC2(CS)CCCCC2)c1. The lowest BCUT2D eigenvalue weighted by Gasteiger charge is -2.35. The zero-order valence-corrected chi connectivity index (χ0v) is 11.2. The van der Waals surface area contributed by atoms with Gasteiger partial charge in [-0.25, -0.2) is 8.78 Å². The van der Waals surface area contributed by atoms with Crippen LogP contribution < -0.4 is 4.74 Å². The topological polar surface area (TPSA) is 9.23 Å². The highest BCUT2D eigenvalue weighted by Crippen LogP contribution is 2.38. The van der Waals surface area contributed by atoms with E-state index in [0.29, 0.717) is 6.61 Å². The van der Waals surface area contributed by atoms with Gasteiger partial charge < -0.3 is 4.74 Å². The summed E-state index contributed by atoms with van der Waals surface area (Å²) in [6.07, 6.45) is 5.66. The fraction of sp³-hybridized carbons (Fsp3) is 0.571. The van der Waals surface area contributed by atoms with E-state index in [0.717, 1.165) is 49.6 Å². The summed E-state index contributed by atoms with van der Waals surface area (Å²) in [7, 11) is 0. The number of halogens is 2. The first kappa shape index (κ1) is 13.7. The monoisotopic (exact) mass is 272 g/mol. The number of rotatable bonds is 4. The Bertz CT molecular complexity index is 403. The second-order valence-electron chi connectivity index (χ2n) is 5.08. The standard InChI is InChI=1S/C14H18F2OS/c15-11-4-5-12(16)13(8-11)17-9-14(10-18)6-2-1-3-7-14/h4-5,8,18H,1-3,6-7,9-10H2. The van der Waals surface area contributed by atoms with Gasteiger partial charge in [0.1, 0.15) is 5.82 Å². The van der Waals surface area contributed by atoms with E-state index in [-0.39, 0.29) is 11.2 Å². The Morgan fingerprint density at radius 1 is 1.17 bits per heavy atom. The molecular formula is C14H18F2OS. The van der Waals surface area contributed by atoms with Crippen LogP contribution in [0.15, 0.2) is 18.2 Å². The van der Waals surface area contributed by atoms with E-state index >= 15 is 0 Å². The van der Waals surface area contributed by atoms with E-state index in [9.17, 15) is 8.78 Å². The van der Waals surface area contributed by atoms with Crippen LogP contribution >= 0.6 is 12.6 Å². The van der Waals surface area contributed by atoms with E-state index < -0.39 is 11.6 Å². The van der Waals surface area contributed by atoms with Gasteiger partial charge in [-0.2, -0.15) is 12.6 Å². The van der Waals surface area contributed by atoms with Gasteiger partial charge in [0.25, 0.3) is 0 Å². The van der Waals surface area contributed by atoms with Crippen LogP contribution in [0.3, 0.4) is 0 Å². The highest BCUT2D eigenvalue weighted by molar-refractivity contribution is 7.80. The smallest absolute Gasteiger partial charge is 0.165 e. The third-order valence-electron chi connectivity index (χ3n) is 3.68. The van der Waals surface area contributed by atoms with Crippen LogP contribution in [0.1, 0.15) is 32.1 Å². The van der Waals surface area contributed by atoms with Crippen molar-refractivity contribution in [2.45, 2.75) is 32.1 Å². The van der Waals surface area contributed by atoms with Crippen molar-refractivity contribution in [2.24, 2.45) is 5.41 Å². The van der Waals surface area contributed by atoms with Crippen molar-refractivity contribution < 1.29 is 13.5 Å². The lowest BCUT2D eigenvalue weighted by Crippen LogP contribution is -2.33. The molecule has 0 atom stereocenters. The molecule has 0 radical (unpaired) electrons. The average Bonchev–Trinajstić information content (AvgIpc) is 2.41. The zero-order valence-electron chi connectivity index (χ0n) is 10.3. The number of thiol groups is 1. The third-order valence-corrected chi connectivity index (χ3v) is 4.35. The van der Waals surface area contributed by atoms with E-state index in [1.165, 1.54) is 6.42 Å². The predicted octanol–water partition coefficient (Wildman–Crippen LogP) is 4.22. The first-order valence-electron chi connectivity index (χ1n) is 6.34. The Morgan fingerprint density at radius 2 is 1.89 bits per heavy atom. The second kappa shape index (κ2) is 5.91. The van der Waals surface area contributed by atoms with Gasteiger partial charge in [0.2, 0.25) is 0 Å². The number of ether oxygens (including phenoxy) is 1. The van der Waals surface area contributed by atoms with Crippen molar-refractivity contribution in [3.8, 4) is 5.75 Å². The molecular weight excluding hydrogens is 254 g/mol. The Balaban J connectivity index is 2.03. The summed E-state index contributed by atoms with van der Waals surface area (Å²) < 4.78 is 32.0. The van der Waals surface area contributed by atoms with Crippen LogP contribution in [0.2, 0.25) is 0 Å². The lowest BCUT2D eigenvalue weighted by atomic mass is 9.76. The molecule has 1 saturated carbocycles. The van der Waals surface area contributed by atoms with Gasteiger partial charge in [-0.3, -0.25) is 0 Å². The summed E-state index contributed by atoms with van der Waals surface area (Å²) in [6.45, 7) is 0.414. The molecule has 0 amide bonds. The molecule has 2 rings (SSSR count). The average molecular weight is 272 g/mol. The van der Waals surface area contributed by atoms with E-state index in [2.05, 4.69) is 12.6 Å². The van der Waals surface area contributed by atoms with Gasteiger partial charge in [-0.15, -0.1) is 0 Å². The predicted molar refractivity (Wildman–Crippen MR) is 71.2 cm³/mol. The van der Waals surface area contributed by atoms with Crippen molar-refractivity contribution in [1.82, 2.24) is 0 Å². The van der Waals surface area contributed by atoms with Gasteiger partial charge in [0, 0.05) is 11.5 Å². The van der Waals surface area contributed by atoms with Crippen molar-refractivity contribution in [2.75, 3.05) is 12.4 Å². The lowest BCUT2D eigenvalue weighted by molar-refractivity contribution is 0.117. The molecule has 0 unspecified atom stereocenters. The maximum atomic E-state index is 13.4. The zero-order chi connectivity index (χ0) is 13.0. The number of hydrogen-bond acceptors (Lipinski definition) is 2. The first-order valence-corrected chi connectivity index (χ1v) is 6.97. The van der Waals surface area contributed by atoms with Gasteiger partial charge in [-0.1, -0.05) is 19.3 Å². The highest BCUT2D eigenvalue weighted by atomic mass is 32.1. The fourth-order valence-corrected chi connectivity index (χ4v) is 2.88. The van der Waals surface area contributed by atoms with Crippen LogP contribution in [0.25, 0.3) is 0 Å². The van der Waals surface area contributed by atoms with Gasteiger partial charge in [0.05, 0.1) is 6.61 Å². The molecule has 18 heavy (non-hydrogen) atoms. The first-order chi connectivity index (χ1) is 8.65. The Kier molecular flexibility index (Phi) is 4.49. The maximum Gasteiger partial charge on any atom is 0.165 e. The Morgan fingerprint density at radius 3 is 2.56 bits per heavy atom. The largest absolute Gasteiger partial charge is 0.490 e. The number of hydrogen-bond donors (Lipinski definition) is 1. The van der Waals surface area contributed by atoms with Crippen LogP contribution in [-0.4, -0.2) is 12.4 Å². The van der Waals surface area contributed by atoms with Crippen LogP contribution in [0.4, 0.5) is 8.78 Å². The summed E-state index contributed by atoms with van der Waals surface area (Å²) in [5.74, 6) is -0.262. The Labute approximate surface area is 112 Å². The van der Waals surface area contributed by atoms with Crippen LogP contribution in [0.5, 0.6) is 5.75 Å². The molecule has 4 heteroatoms. The molecule has 100 valence electrons. The van der Waals surface area contributed by atoms with Crippen molar-refractivity contribution in [3.63, 3.8) is 0 Å². The minimum absolute atomic E-state index is 0.00160. The van der Waals surface area contributed by atoms with Gasteiger partial charge >= 0.3 is 0 Å². The molecule has 0 saturated heterocycles. The van der Waals surface area contributed by atoms with Crippen molar-refractivity contribution >= 4 is 12.6 Å². The molecule has 0 bridgehead atoms. The van der Waals surface area contributed by atoms with Crippen LogP contribution in [-0.2, 0) is 0 Å². The summed E-state index contributed by atoms with van der Waals surface area (Å²) in [6, 6.07) is 3.29.